The van der Waals surface area contributed by atoms with Gasteiger partial charge in [-0.05, 0) is 13.8 Å². The van der Waals surface area contributed by atoms with Crippen LogP contribution >= 0.6 is 11.8 Å². The van der Waals surface area contributed by atoms with Crippen molar-refractivity contribution in [2.75, 3.05) is 0 Å². The van der Waals surface area contributed by atoms with E-state index in [1.807, 2.05) is 0 Å². The van der Waals surface area contributed by atoms with Crippen molar-refractivity contribution in [1.82, 2.24) is 4.90 Å². The molecule has 1 amide bonds. The van der Waals surface area contributed by atoms with Crippen LogP contribution in [0.15, 0.2) is 10.6 Å². The van der Waals surface area contributed by atoms with Gasteiger partial charge in [0.2, 0.25) is 5.91 Å². The van der Waals surface area contributed by atoms with Crippen LogP contribution in [0.3, 0.4) is 0 Å². The van der Waals surface area contributed by atoms with Gasteiger partial charge in [0, 0.05) is 4.91 Å². The largest absolute Gasteiger partial charge is 0.477 e. The van der Waals surface area contributed by atoms with Crippen LogP contribution in [-0.4, -0.2) is 38.5 Å². The quantitative estimate of drug-likeness (QED) is 0.662. The highest BCUT2D eigenvalue weighted by atomic mass is 32.2. The van der Waals surface area contributed by atoms with Gasteiger partial charge in [-0.3, -0.25) is 9.69 Å². The Morgan fingerprint density at radius 1 is 1.60 bits per heavy atom. The zero-order chi connectivity index (χ0) is 11.3. The molecule has 15 heavy (non-hydrogen) atoms. The van der Waals surface area contributed by atoms with Crippen LogP contribution in [0.5, 0.6) is 0 Å². The summed E-state index contributed by atoms with van der Waals surface area (Å²) in [7, 11) is 0. The van der Waals surface area contributed by atoms with Crippen molar-refractivity contribution < 1.29 is 19.8 Å². The summed E-state index contributed by atoms with van der Waals surface area (Å²) in [5.74, 6) is -1.85. The van der Waals surface area contributed by atoms with Crippen molar-refractivity contribution in [3.8, 4) is 0 Å². The van der Waals surface area contributed by atoms with Gasteiger partial charge in [-0.1, -0.05) is 0 Å². The first kappa shape index (κ1) is 10.5. The maximum absolute atomic E-state index is 11.6. The first-order valence-corrected chi connectivity index (χ1v) is 5.45. The number of nitrogens with zero attached hydrogens (tertiary/aromatic N) is 1. The van der Waals surface area contributed by atoms with Crippen molar-refractivity contribution in [2.24, 2.45) is 5.92 Å². The molecule has 2 aliphatic heterocycles. The molecule has 82 valence electrons. The van der Waals surface area contributed by atoms with Crippen LogP contribution in [0.25, 0.3) is 0 Å². The molecular weight excluding hydrogens is 218 g/mol. The minimum absolute atomic E-state index is 0.0619. The van der Waals surface area contributed by atoms with E-state index in [-0.39, 0.29) is 17.0 Å². The predicted molar refractivity (Wildman–Crippen MR) is 53.7 cm³/mol. The molecule has 0 aliphatic carbocycles. The first-order chi connectivity index (χ1) is 6.95. The van der Waals surface area contributed by atoms with E-state index < -0.39 is 18.0 Å². The minimum Gasteiger partial charge on any atom is -0.477 e. The maximum atomic E-state index is 11.6. The molecule has 2 aliphatic rings. The number of allylic oxidation sites excluding steroid dienone is 1. The van der Waals surface area contributed by atoms with Crippen molar-refractivity contribution >= 4 is 23.6 Å². The summed E-state index contributed by atoms with van der Waals surface area (Å²) in [4.78, 5) is 24.4. The Bertz CT molecular complexity index is 376. The highest BCUT2D eigenvalue weighted by Crippen LogP contribution is 2.49. The molecule has 2 rings (SSSR count). The van der Waals surface area contributed by atoms with Gasteiger partial charge in [0.15, 0.2) is 0 Å². The molecule has 5 nitrogen and oxygen atoms in total. The number of carbonyl (C=O) groups excluding carboxylic acids is 1. The van der Waals surface area contributed by atoms with Gasteiger partial charge in [0.1, 0.15) is 11.1 Å². The monoisotopic (exact) mass is 229 g/mol. The Balaban J connectivity index is 2.27. The van der Waals surface area contributed by atoms with E-state index in [2.05, 4.69) is 0 Å². The summed E-state index contributed by atoms with van der Waals surface area (Å²) in [6.45, 7) is 3.23. The van der Waals surface area contributed by atoms with Gasteiger partial charge < -0.3 is 10.2 Å². The Labute approximate surface area is 90.8 Å². The fourth-order valence-electron chi connectivity index (χ4n) is 1.95. The number of carbonyl (C=O) groups is 2. The van der Waals surface area contributed by atoms with Gasteiger partial charge in [0.05, 0.1) is 12.0 Å². The molecule has 6 heteroatoms. The average Bonchev–Trinajstić information content (AvgIpc) is 2.38. The lowest BCUT2D eigenvalue weighted by atomic mass is 9.92. The third-order valence-electron chi connectivity index (χ3n) is 2.68. The molecule has 0 bridgehead atoms. The van der Waals surface area contributed by atoms with Crippen molar-refractivity contribution in [3.05, 3.63) is 10.6 Å². The van der Waals surface area contributed by atoms with Crippen LogP contribution in [0.4, 0.5) is 0 Å². The van der Waals surface area contributed by atoms with Crippen LogP contribution in [0.1, 0.15) is 13.8 Å². The molecular formula is C9H11NO4S. The van der Waals surface area contributed by atoms with E-state index in [9.17, 15) is 14.7 Å². The van der Waals surface area contributed by atoms with E-state index in [0.29, 0.717) is 4.91 Å². The third kappa shape index (κ3) is 1.28. The van der Waals surface area contributed by atoms with E-state index in [1.54, 1.807) is 13.8 Å². The second kappa shape index (κ2) is 3.24. The highest BCUT2D eigenvalue weighted by molar-refractivity contribution is 8.04. The Hall–Kier alpha value is -1.01. The van der Waals surface area contributed by atoms with E-state index >= 15 is 0 Å². The second-order valence-electron chi connectivity index (χ2n) is 3.69. The zero-order valence-electron chi connectivity index (χ0n) is 8.30. The standard InChI is InChI=1S/C9H11NO4S/c1-3(11)5-7(12)10-6(9(13)14)4(2)15-8(5)10/h3,5,8,11H,1-2H3,(H,13,14)/t3-,5?,8?/m1/s1. The fourth-order valence-corrected chi connectivity index (χ4v) is 3.42. The molecule has 0 radical (unpaired) electrons. The average molecular weight is 229 g/mol. The van der Waals surface area contributed by atoms with Crippen molar-refractivity contribution in [2.45, 2.75) is 25.3 Å². The van der Waals surface area contributed by atoms with Crippen LogP contribution in [0, 0.1) is 5.92 Å². The summed E-state index contributed by atoms with van der Waals surface area (Å²) in [6.07, 6.45) is -0.729. The number of aliphatic carboxylic acids is 1. The number of fused-ring (bicyclic) bond motifs is 1. The molecule has 0 aromatic rings. The van der Waals surface area contributed by atoms with Gasteiger partial charge >= 0.3 is 5.97 Å². The lowest BCUT2D eigenvalue weighted by Crippen LogP contribution is -2.60. The number of amides is 1. The molecule has 3 atom stereocenters. The van der Waals surface area contributed by atoms with Gasteiger partial charge in [-0.2, -0.15) is 0 Å². The molecule has 0 saturated carbocycles. The minimum atomic E-state index is -1.08. The second-order valence-corrected chi connectivity index (χ2v) is 5.02. The molecule has 2 heterocycles. The van der Waals surface area contributed by atoms with E-state index in [4.69, 9.17) is 5.11 Å². The van der Waals surface area contributed by atoms with Crippen molar-refractivity contribution in [3.63, 3.8) is 0 Å². The van der Waals surface area contributed by atoms with Gasteiger partial charge in [-0.15, -0.1) is 11.8 Å². The molecule has 2 unspecified atom stereocenters. The Morgan fingerprint density at radius 2 is 2.20 bits per heavy atom. The molecule has 1 saturated heterocycles. The molecule has 1 fully saturated rings. The number of rotatable bonds is 2. The summed E-state index contributed by atoms with van der Waals surface area (Å²) in [6, 6.07) is 0. The first-order valence-electron chi connectivity index (χ1n) is 4.57. The smallest absolute Gasteiger partial charge is 0.353 e. The maximum Gasteiger partial charge on any atom is 0.353 e. The lowest BCUT2D eigenvalue weighted by molar-refractivity contribution is -0.156. The number of aliphatic hydroxyl groups excluding tert-OH is 1. The number of thioether (sulfide) groups is 1. The van der Waals surface area contributed by atoms with E-state index in [1.165, 1.54) is 16.7 Å². The summed E-state index contributed by atoms with van der Waals surface area (Å²) in [5, 5.41) is 18.1. The summed E-state index contributed by atoms with van der Waals surface area (Å²) in [5.41, 5.74) is 0.0619. The summed E-state index contributed by atoms with van der Waals surface area (Å²) >= 11 is 1.34. The van der Waals surface area contributed by atoms with Crippen molar-refractivity contribution in [1.29, 1.82) is 0 Å². The lowest BCUT2D eigenvalue weighted by Gasteiger charge is -2.43. The predicted octanol–water partition coefficient (Wildman–Crippen LogP) is 0.215. The van der Waals surface area contributed by atoms with Crippen LogP contribution in [0.2, 0.25) is 0 Å². The molecule has 0 aromatic heterocycles. The van der Waals surface area contributed by atoms with Gasteiger partial charge in [-0.25, -0.2) is 4.79 Å². The van der Waals surface area contributed by atoms with Crippen LogP contribution < -0.4 is 0 Å². The number of hydrogen-bond acceptors (Lipinski definition) is 4. The molecule has 2 N–H and O–H groups in total. The normalized spacial score (nSPS) is 31.4. The number of carboxylic acid groups (broad SMARTS) is 1. The Morgan fingerprint density at radius 3 is 2.67 bits per heavy atom. The van der Waals surface area contributed by atoms with Crippen LogP contribution in [-0.2, 0) is 9.59 Å². The fraction of sp³-hybridized carbons (Fsp3) is 0.556. The summed E-state index contributed by atoms with van der Waals surface area (Å²) < 4.78 is 0. The zero-order valence-corrected chi connectivity index (χ0v) is 9.11. The highest BCUT2D eigenvalue weighted by Gasteiger charge is 2.56. The SMILES string of the molecule is CC1=C(C(=O)O)N2C(=O)C([C@@H](C)O)C2S1. The number of β-lactam (4-membered cyclic amide) rings is 1. The Kier molecular flexibility index (Phi) is 2.27. The third-order valence-corrected chi connectivity index (χ3v) is 3.97. The van der Waals surface area contributed by atoms with E-state index in [0.717, 1.165) is 0 Å². The number of carboxylic acids is 1. The molecule has 0 spiro atoms. The topological polar surface area (TPSA) is 77.8 Å². The van der Waals surface area contributed by atoms with Gasteiger partial charge in [0.25, 0.3) is 0 Å². The number of hydrogen-bond donors (Lipinski definition) is 2. The molecule has 0 aromatic carbocycles. The number of aliphatic hydroxyl groups is 1.